The molecule has 0 aliphatic rings. The van der Waals surface area contributed by atoms with E-state index >= 15 is 0 Å². The second-order valence-corrected chi connectivity index (χ2v) is 7.77. The summed E-state index contributed by atoms with van der Waals surface area (Å²) < 4.78 is 0. The fourth-order valence-electron chi connectivity index (χ4n) is 2.06. The van der Waals surface area contributed by atoms with Gasteiger partial charge in [0, 0.05) is 11.4 Å². The molecule has 0 fully saturated rings. The van der Waals surface area contributed by atoms with Gasteiger partial charge in [0.25, 0.3) is 0 Å². The lowest BCUT2D eigenvalue weighted by molar-refractivity contribution is -0.120. The van der Waals surface area contributed by atoms with Crippen LogP contribution in [0, 0.1) is 13.8 Å². The lowest BCUT2D eigenvalue weighted by Crippen LogP contribution is -2.31. The first-order valence-electron chi connectivity index (χ1n) is 7.41. The monoisotopic (exact) mass is 338 g/mol. The number of nitrogens with one attached hydrogen (secondary N) is 1. The van der Waals surface area contributed by atoms with Crippen LogP contribution in [0.5, 0.6) is 0 Å². The highest BCUT2D eigenvalue weighted by Crippen LogP contribution is 2.34. The molecule has 1 atom stereocenters. The number of hydrogen-bond acceptors (Lipinski definition) is 6. The zero-order chi connectivity index (χ0) is 16.3. The number of aromatic nitrogens is 2. The summed E-state index contributed by atoms with van der Waals surface area (Å²) in [6, 6.07) is 0. The van der Waals surface area contributed by atoms with Crippen LogP contribution in [-0.2, 0) is 4.79 Å². The molecule has 0 radical (unpaired) electrons. The SMILES string of the molecule is CCCCNC(=O)C(C)Sc1nc(N)c2c(C)c(C)sc2n1. The lowest BCUT2D eigenvalue weighted by atomic mass is 10.2. The molecule has 0 saturated carbocycles. The third kappa shape index (κ3) is 3.70. The third-order valence-electron chi connectivity index (χ3n) is 3.52. The van der Waals surface area contributed by atoms with Gasteiger partial charge in [-0.1, -0.05) is 25.1 Å². The third-order valence-corrected chi connectivity index (χ3v) is 5.58. The molecule has 5 nitrogen and oxygen atoms in total. The molecule has 7 heteroatoms. The molecule has 2 aromatic rings. The smallest absolute Gasteiger partial charge is 0.233 e. The summed E-state index contributed by atoms with van der Waals surface area (Å²) in [7, 11) is 0. The van der Waals surface area contributed by atoms with E-state index in [1.807, 2.05) is 13.8 Å². The van der Waals surface area contributed by atoms with Crippen molar-refractivity contribution in [2.75, 3.05) is 12.3 Å². The van der Waals surface area contributed by atoms with Gasteiger partial charge >= 0.3 is 0 Å². The number of rotatable bonds is 6. The van der Waals surface area contributed by atoms with Crippen LogP contribution in [0.4, 0.5) is 5.82 Å². The molecular formula is C15H22N4OS2. The van der Waals surface area contributed by atoms with Gasteiger partial charge < -0.3 is 11.1 Å². The van der Waals surface area contributed by atoms with Gasteiger partial charge in [-0.05, 0) is 32.8 Å². The van der Waals surface area contributed by atoms with E-state index in [0.29, 0.717) is 17.5 Å². The number of unbranched alkanes of at least 4 members (excludes halogenated alkanes) is 1. The maximum Gasteiger partial charge on any atom is 0.233 e. The van der Waals surface area contributed by atoms with Gasteiger partial charge in [-0.3, -0.25) is 4.79 Å². The molecule has 1 unspecified atom stereocenters. The van der Waals surface area contributed by atoms with Gasteiger partial charge in [0.05, 0.1) is 10.6 Å². The van der Waals surface area contributed by atoms with Gasteiger partial charge in [0.1, 0.15) is 10.6 Å². The molecule has 120 valence electrons. The summed E-state index contributed by atoms with van der Waals surface area (Å²) in [4.78, 5) is 23.0. The Morgan fingerprint density at radius 1 is 1.41 bits per heavy atom. The van der Waals surface area contributed by atoms with Crippen LogP contribution in [-0.4, -0.2) is 27.7 Å². The van der Waals surface area contributed by atoms with E-state index in [0.717, 1.165) is 28.6 Å². The minimum atomic E-state index is -0.240. The van der Waals surface area contributed by atoms with Gasteiger partial charge in [-0.25, -0.2) is 9.97 Å². The van der Waals surface area contributed by atoms with Gasteiger partial charge in [0.2, 0.25) is 5.91 Å². The number of nitrogens with zero attached hydrogens (tertiary/aromatic N) is 2. The number of carbonyl (C=O) groups excluding carboxylic acids is 1. The highest BCUT2D eigenvalue weighted by atomic mass is 32.2. The van der Waals surface area contributed by atoms with Crippen molar-refractivity contribution in [2.45, 2.75) is 50.9 Å². The van der Waals surface area contributed by atoms with Crippen LogP contribution in [0.25, 0.3) is 10.2 Å². The van der Waals surface area contributed by atoms with Crippen molar-refractivity contribution in [3.8, 4) is 0 Å². The Kier molecular flexibility index (Phi) is 5.63. The van der Waals surface area contributed by atoms with E-state index in [9.17, 15) is 4.79 Å². The highest BCUT2D eigenvalue weighted by Gasteiger charge is 2.18. The fraction of sp³-hybridized carbons (Fsp3) is 0.533. The molecule has 0 bridgehead atoms. The first kappa shape index (κ1) is 17.0. The van der Waals surface area contributed by atoms with Crippen molar-refractivity contribution in [2.24, 2.45) is 0 Å². The molecule has 22 heavy (non-hydrogen) atoms. The summed E-state index contributed by atoms with van der Waals surface area (Å²) in [6.07, 6.45) is 2.06. The van der Waals surface area contributed by atoms with Crippen LogP contribution in [0.15, 0.2) is 5.16 Å². The van der Waals surface area contributed by atoms with E-state index in [-0.39, 0.29) is 11.2 Å². The molecule has 2 aromatic heterocycles. The molecule has 3 N–H and O–H groups in total. The molecule has 0 aliphatic heterocycles. The summed E-state index contributed by atoms with van der Waals surface area (Å²) >= 11 is 2.96. The number of nitrogens with two attached hydrogens (primary N) is 1. The number of hydrogen-bond donors (Lipinski definition) is 2. The standard InChI is InChI=1S/C15H22N4OS2/c1-5-6-7-17-13(20)10(4)22-15-18-12(16)11-8(2)9(3)21-14(11)19-15/h10H,5-7H2,1-4H3,(H,17,20)(H2,16,18,19). The van der Waals surface area contributed by atoms with Crippen molar-refractivity contribution < 1.29 is 4.79 Å². The number of nitrogen functional groups attached to an aromatic ring is 1. The van der Waals surface area contributed by atoms with E-state index in [1.165, 1.54) is 16.6 Å². The van der Waals surface area contributed by atoms with Crippen molar-refractivity contribution in [1.29, 1.82) is 0 Å². The maximum atomic E-state index is 12.0. The predicted octanol–water partition coefficient (Wildman–Crippen LogP) is 3.29. The van der Waals surface area contributed by atoms with E-state index in [2.05, 4.69) is 29.1 Å². The van der Waals surface area contributed by atoms with Crippen molar-refractivity contribution in [1.82, 2.24) is 15.3 Å². The predicted molar refractivity (Wildman–Crippen MR) is 94.5 cm³/mol. The zero-order valence-electron chi connectivity index (χ0n) is 13.4. The second-order valence-electron chi connectivity index (χ2n) is 5.26. The van der Waals surface area contributed by atoms with Gasteiger partial charge in [-0.2, -0.15) is 0 Å². The van der Waals surface area contributed by atoms with Crippen molar-refractivity contribution in [3.05, 3.63) is 10.4 Å². The fourth-order valence-corrected chi connectivity index (χ4v) is 3.95. The van der Waals surface area contributed by atoms with E-state index in [1.54, 1.807) is 11.3 Å². The summed E-state index contributed by atoms with van der Waals surface area (Å²) in [5.74, 6) is 0.507. The number of fused-ring (bicyclic) bond motifs is 1. The highest BCUT2D eigenvalue weighted by molar-refractivity contribution is 8.00. The van der Waals surface area contributed by atoms with E-state index < -0.39 is 0 Å². The van der Waals surface area contributed by atoms with Gasteiger partial charge in [0.15, 0.2) is 5.16 Å². The first-order chi connectivity index (χ1) is 10.4. The lowest BCUT2D eigenvalue weighted by Gasteiger charge is -2.11. The topological polar surface area (TPSA) is 80.9 Å². The average molecular weight is 339 g/mol. The molecule has 0 spiro atoms. The first-order valence-corrected chi connectivity index (χ1v) is 9.11. The number of anilines is 1. The normalized spacial score (nSPS) is 12.5. The van der Waals surface area contributed by atoms with Crippen molar-refractivity contribution >= 4 is 45.0 Å². The van der Waals surface area contributed by atoms with Crippen LogP contribution in [0.3, 0.4) is 0 Å². The van der Waals surface area contributed by atoms with Crippen molar-refractivity contribution in [3.63, 3.8) is 0 Å². The summed E-state index contributed by atoms with van der Waals surface area (Å²) in [6.45, 7) is 8.76. The quantitative estimate of drug-likeness (QED) is 0.480. The Bertz CT molecular complexity index is 684. The molecule has 0 saturated heterocycles. The Morgan fingerprint density at radius 3 is 2.82 bits per heavy atom. The Balaban J connectivity index is 2.13. The van der Waals surface area contributed by atoms with Crippen LogP contribution >= 0.6 is 23.1 Å². The van der Waals surface area contributed by atoms with Crippen LogP contribution < -0.4 is 11.1 Å². The van der Waals surface area contributed by atoms with Crippen LogP contribution in [0.2, 0.25) is 0 Å². The molecule has 1 amide bonds. The Labute approximate surface area is 139 Å². The maximum absolute atomic E-state index is 12.0. The Morgan fingerprint density at radius 2 is 2.14 bits per heavy atom. The number of carbonyl (C=O) groups is 1. The summed E-state index contributed by atoms with van der Waals surface area (Å²) in [5, 5.41) is 4.18. The number of amides is 1. The molecule has 2 heterocycles. The van der Waals surface area contributed by atoms with E-state index in [4.69, 9.17) is 5.73 Å². The minimum Gasteiger partial charge on any atom is -0.383 e. The van der Waals surface area contributed by atoms with Crippen LogP contribution in [0.1, 0.15) is 37.1 Å². The molecule has 2 rings (SSSR count). The second kappa shape index (κ2) is 7.28. The Hall–Kier alpha value is -1.34. The number of thioether (sulfide) groups is 1. The molecule has 0 aromatic carbocycles. The molecule has 0 aliphatic carbocycles. The van der Waals surface area contributed by atoms with Gasteiger partial charge in [-0.15, -0.1) is 11.3 Å². The molecular weight excluding hydrogens is 316 g/mol. The minimum absolute atomic E-state index is 0.0132. The largest absolute Gasteiger partial charge is 0.383 e. The summed E-state index contributed by atoms with van der Waals surface area (Å²) in [5.41, 5.74) is 7.20. The zero-order valence-corrected chi connectivity index (χ0v) is 15.0. The number of aryl methyl sites for hydroxylation is 2. The number of thiophene rings is 1. The average Bonchev–Trinajstić information content (AvgIpc) is 2.74.